The van der Waals surface area contributed by atoms with Gasteiger partial charge in [0.1, 0.15) is 6.54 Å². The lowest BCUT2D eigenvalue weighted by Crippen LogP contribution is -3.00. The summed E-state index contributed by atoms with van der Waals surface area (Å²) in [4.78, 5) is 0. The maximum atomic E-state index is 9.34. The molecular weight excluding hydrogens is 178 g/mol. The molecular formula is C8H18ClNO2. The maximum Gasteiger partial charge on any atom is 0.189 e. The van der Waals surface area contributed by atoms with Gasteiger partial charge in [0.05, 0.1) is 7.05 Å². The molecule has 0 radical (unpaired) electrons. The molecule has 0 amide bonds. The van der Waals surface area contributed by atoms with E-state index in [0.717, 1.165) is 0 Å². The molecule has 0 aromatic rings. The van der Waals surface area contributed by atoms with Crippen molar-refractivity contribution in [2.75, 3.05) is 13.6 Å². The number of aliphatic hydroxyl groups is 2. The Bertz CT molecular complexity index is 129. The van der Waals surface area contributed by atoms with Crippen molar-refractivity contribution in [2.45, 2.75) is 26.3 Å². The molecule has 74 valence electrons. The Morgan fingerprint density at radius 3 is 1.75 bits per heavy atom. The molecule has 0 spiro atoms. The highest BCUT2D eigenvalue weighted by molar-refractivity contribution is 4.65. The Morgan fingerprint density at radius 1 is 1.33 bits per heavy atom. The van der Waals surface area contributed by atoms with Gasteiger partial charge in [-0.25, -0.2) is 0 Å². The van der Waals surface area contributed by atoms with Gasteiger partial charge in [0.25, 0.3) is 0 Å². The van der Waals surface area contributed by atoms with Crippen molar-refractivity contribution in [2.24, 2.45) is 0 Å². The van der Waals surface area contributed by atoms with Crippen molar-refractivity contribution in [1.82, 2.24) is 0 Å². The minimum absolute atomic E-state index is 0. The normalized spacial score (nSPS) is 20.1. The van der Waals surface area contributed by atoms with Gasteiger partial charge in [0.15, 0.2) is 12.5 Å². The number of halogens is 1. The Balaban J connectivity index is 0. The van der Waals surface area contributed by atoms with Crippen LogP contribution in [-0.2, 0) is 0 Å². The summed E-state index contributed by atoms with van der Waals surface area (Å²) in [6.45, 7) is 7.46. The third-order valence-electron chi connectivity index (χ3n) is 2.23. The number of likely N-dealkylation sites (N-methyl/N-ethyl adjacent to an activating group) is 1. The van der Waals surface area contributed by atoms with E-state index in [0.29, 0.717) is 6.54 Å². The van der Waals surface area contributed by atoms with Gasteiger partial charge in [0, 0.05) is 13.8 Å². The van der Waals surface area contributed by atoms with E-state index in [9.17, 15) is 10.2 Å². The van der Waals surface area contributed by atoms with Crippen LogP contribution in [0.4, 0.5) is 0 Å². The molecule has 0 saturated heterocycles. The number of hydrogen-bond donors (Lipinski definition) is 2. The van der Waals surface area contributed by atoms with E-state index < -0.39 is 12.5 Å². The number of rotatable bonds is 4. The molecule has 12 heavy (non-hydrogen) atoms. The smallest absolute Gasteiger partial charge is 0.189 e. The highest BCUT2D eigenvalue weighted by Gasteiger charge is 2.30. The monoisotopic (exact) mass is 195 g/mol. The zero-order valence-corrected chi connectivity index (χ0v) is 8.62. The summed E-state index contributed by atoms with van der Waals surface area (Å²) >= 11 is 0. The third-order valence-corrected chi connectivity index (χ3v) is 2.23. The zero-order chi connectivity index (χ0) is 9.07. The van der Waals surface area contributed by atoms with Gasteiger partial charge in [-0.3, -0.25) is 4.48 Å². The van der Waals surface area contributed by atoms with Crippen LogP contribution < -0.4 is 12.4 Å². The van der Waals surface area contributed by atoms with Crippen LogP contribution in [0.5, 0.6) is 0 Å². The van der Waals surface area contributed by atoms with Crippen molar-refractivity contribution < 1.29 is 27.1 Å². The molecule has 0 rings (SSSR count). The molecule has 4 heteroatoms. The van der Waals surface area contributed by atoms with Gasteiger partial charge in [-0.05, 0) is 6.08 Å². The van der Waals surface area contributed by atoms with Gasteiger partial charge in [-0.2, -0.15) is 0 Å². The van der Waals surface area contributed by atoms with E-state index in [1.807, 2.05) is 0 Å². The van der Waals surface area contributed by atoms with E-state index in [1.54, 1.807) is 27.0 Å². The molecule has 0 fully saturated rings. The van der Waals surface area contributed by atoms with Crippen molar-refractivity contribution in [3.8, 4) is 0 Å². The number of quaternary nitrogens is 1. The second-order valence-electron chi connectivity index (χ2n) is 3.08. The predicted octanol–water partition coefficient (Wildman–Crippen LogP) is -2.70. The van der Waals surface area contributed by atoms with Crippen LogP contribution in [0.2, 0.25) is 0 Å². The topological polar surface area (TPSA) is 40.5 Å². The molecule has 0 aromatic heterocycles. The zero-order valence-electron chi connectivity index (χ0n) is 7.87. The highest BCUT2D eigenvalue weighted by Crippen LogP contribution is 2.12. The van der Waals surface area contributed by atoms with E-state index in [-0.39, 0.29) is 16.9 Å². The Hall–Kier alpha value is -0.0900. The number of nitrogens with zero attached hydrogens (tertiary/aromatic N) is 1. The van der Waals surface area contributed by atoms with Crippen LogP contribution >= 0.6 is 0 Å². The average molecular weight is 196 g/mol. The standard InChI is InChI=1S/C8H18NO2.ClH/c1-5-6-9(4,7(2)10)8(3)11;/h5,7-8,10-11H,1,6H2,2-4H3;1H/q+1;/p-1. The summed E-state index contributed by atoms with van der Waals surface area (Å²) in [6.07, 6.45) is 0.542. The first-order valence-corrected chi connectivity index (χ1v) is 3.77. The Labute approximate surface area is 80.3 Å². The fraction of sp³-hybridized carbons (Fsp3) is 0.750. The summed E-state index contributed by atoms with van der Waals surface area (Å²) in [5, 5.41) is 18.7. The van der Waals surface area contributed by atoms with E-state index >= 15 is 0 Å². The molecule has 2 atom stereocenters. The molecule has 0 bridgehead atoms. The largest absolute Gasteiger partial charge is 1.00 e. The minimum Gasteiger partial charge on any atom is -1.00 e. The molecule has 0 heterocycles. The molecule has 2 unspecified atom stereocenters. The fourth-order valence-corrected chi connectivity index (χ4v) is 0.895. The van der Waals surface area contributed by atoms with Crippen LogP contribution in [0, 0.1) is 0 Å². The van der Waals surface area contributed by atoms with Crippen molar-refractivity contribution in [1.29, 1.82) is 0 Å². The first-order valence-electron chi connectivity index (χ1n) is 3.77. The summed E-state index contributed by atoms with van der Waals surface area (Å²) < 4.78 is 0.198. The highest BCUT2D eigenvalue weighted by atomic mass is 35.5. The lowest BCUT2D eigenvalue weighted by molar-refractivity contribution is -0.985. The van der Waals surface area contributed by atoms with Gasteiger partial charge in [-0.1, -0.05) is 6.58 Å². The number of hydrogen-bond acceptors (Lipinski definition) is 2. The van der Waals surface area contributed by atoms with Gasteiger partial charge in [-0.15, -0.1) is 0 Å². The summed E-state index contributed by atoms with van der Waals surface area (Å²) in [5.74, 6) is 0. The molecule has 0 aliphatic carbocycles. The van der Waals surface area contributed by atoms with Gasteiger partial charge < -0.3 is 22.6 Å². The van der Waals surface area contributed by atoms with Crippen LogP contribution in [0.25, 0.3) is 0 Å². The average Bonchev–Trinajstić information content (AvgIpc) is 1.87. The van der Waals surface area contributed by atoms with Crippen molar-refractivity contribution in [3.63, 3.8) is 0 Å². The lowest BCUT2D eigenvalue weighted by Gasteiger charge is -2.38. The Morgan fingerprint density at radius 2 is 1.67 bits per heavy atom. The summed E-state index contributed by atoms with van der Waals surface area (Å²) in [5.41, 5.74) is 0. The summed E-state index contributed by atoms with van der Waals surface area (Å²) in [6, 6.07) is 0. The third kappa shape index (κ3) is 3.11. The molecule has 0 aliphatic rings. The number of aliphatic hydroxyl groups excluding tert-OH is 2. The molecule has 2 N–H and O–H groups in total. The molecule has 0 saturated carbocycles. The molecule has 3 nitrogen and oxygen atoms in total. The maximum absolute atomic E-state index is 9.34. The van der Waals surface area contributed by atoms with E-state index in [2.05, 4.69) is 6.58 Å². The fourth-order valence-electron chi connectivity index (χ4n) is 0.895. The first kappa shape index (κ1) is 14.4. The van der Waals surface area contributed by atoms with Gasteiger partial charge in [0.2, 0.25) is 0 Å². The van der Waals surface area contributed by atoms with Crippen molar-refractivity contribution >= 4 is 0 Å². The van der Waals surface area contributed by atoms with E-state index in [1.165, 1.54) is 0 Å². The summed E-state index contributed by atoms with van der Waals surface area (Å²) in [7, 11) is 1.79. The van der Waals surface area contributed by atoms with Crippen LogP contribution in [0.1, 0.15) is 13.8 Å². The lowest BCUT2D eigenvalue weighted by atomic mass is 10.3. The SMILES string of the molecule is C=CC[N+](C)(C(C)O)C(C)O.[Cl-]. The van der Waals surface area contributed by atoms with Crippen LogP contribution in [-0.4, -0.2) is 40.7 Å². The van der Waals surface area contributed by atoms with Crippen LogP contribution in [0.15, 0.2) is 12.7 Å². The molecule has 0 aliphatic heterocycles. The Kier molecular flexibility index (Phi) is 6.66. The predicted molar refractivity (Wildman–Crippen MR) is 44.6 cm³/mol. The first-order chi connectivity index (χ1) is 4.95. The quantitative estimate of drug-likeness (QED) is 0.291. The van der Waals surface area contributed by atoms with E-state index in [4.69, 9.17) is 0 Å². The molecule has 0 aromatic carbocycles. The van der Waals surface area contributed by atoms with Gasteiger partial charge >= 0.3 is 0 Å². The van der Waals surface area contributed by atoms with Crippen LogP contribution in [0.3, 0.4) is 0 Å². The minimum atomic E-state index is -0.576. The second kappa shape index (κ2) is 5.54. The second-order valence-corrected chi connectivity index (χ2v) is 3.08. The van der Waals surface area contributed by atoms with Crippen molar-refractivity contribution in [3.05, 3.63) is 12.7 Å².